The minimum atomic E-state index is -4.09. The summed E-state index contributed by atoms with van der Waals surface area (Å²) in [6.45, 7) is 1.58. The fourth-order valence-corrected chi connectivity index (χ4v) is 4.01. The summed E-state index contributed by atoms with van der Waals surface area (Å²) in [5, 5.41) is 11.7. The lowest BCUT2D eigenvalue weighted by Crippen LogP contribution is -2.27. The van der Waals surface area contributed by atoms with Crippen molar-refractivity contribution in [3.8, 4) is 0 Å². The van der Waals surface area contributed by atoms with Crippen molar-refractivity contribution in [3.63, 3.8) is 0 Å². The monoisotopic (exact) mass is 374 g/mol. The molecule has 122 valence electrons. The molecule has 2 rings (SSSR count). The van der Waals surface area contributed by atoms with Crippen LogP contribution in [0.25, 0.3) is 0 Å². The van der Waals surface area contributed by atoms with Crippen molar-refractivity contribution in [2.75, 3.05) is 0 Å². The molecule has 0 aliphatic heterocycles. The van der Waals surface area contributed by atoms with Gasteiger partial charge in [0.25, 0.3) is 5.69 Å². The highest BCUT2D eigenvalue weighted by Gasteiger charge is 2.27. The summed E-state index contributed by atoms with van der Waals surface area (Å²) in [7, 11) is -4.09. The fourth-order valence-electron chi connectivity index (χ4n) is 2.05. The number of nitro groups is 1. The molecule has 0 heterocycles. The fraction of sp³-hybridized carbons (Fsp3) is 0.143. The molecule has 2 aromatic rings. The number of nitrogens with zero attached hydrogens (tertiary/aromatic N) is 1. The van der Waals surface area contributed by atoms with Gasteiger partial charge in [-0.3, -0.25) is 10.1 Å². The van der Waals surface area contributed by atoms with Gasteiger partial charge in [0.15, 0.2) is 4.90 Å². The number of nitro benzene ring substituents is 1. The standard InChI is InChI=1S/C14H12Cl2N2O4S/c1-9(11-7-6-10(15)8-12(11)16)17-23(21,22)14-5-3-2-4-13(14)18(19)20/h2-9,17H,1H3/t9-/m1/s1. The van der Waals surface area contributed by atoms with E-state index in [1.807, 2.05) is 0 Å². The first-order valence-corrected chi connectivity index (χ1v) is 8.67. The topological polar surface area (TPSA) is 89.3 Å². The molecule has 0 radical (unpaired) electrons. The second-order valence-electron chi connectivity index (χ2n) is 4.73. The molecule has 0 unspecified atom stereocenters. The number of para-hydroxylation sites is 1. The van der Waals surface area contributed by atoms with Gasteiger partial charge in [-0.05, 0) is 30.7 Å². The van der Waals surface area contributed by atoms with Crippen LogP contribution in [0.1, 0.15) is 18.5 Å². The molecule has 0 saturated carbocycles. The van der Waals surface area contributed by atoms with Gasteiger partial charge in [-0.15, -0.1) is 0 Å². The second kappa shape index (κ2) is 6.84. The van der Waals surface area contributed by atoms with Gasteiger partial charge in [0, 0.05) is 22.2 Å². The number of rotatable bonds is 5. The number of halogens is 2. The van der Waals surface area contributed by atoms with Crippen LogP contribution in [0.3, 0.4) is 0 Å². The predicted molar refractivity (Wildman–Crippen MR) is 88.3 cm³/mol. The number of sulfonamides is 1. The van der Waals surface area contributed by atoms with E-state index in [2.05, 4.69) is 4.72 Å². The van der Waals surface area contributed by atoms with E-state index in [1.165, 1.54) is 24.3 Å². The van der Waals surface area contributed by atoms with Crippen LogP contribution in [0.2, 0.25) is 10.0 Å². The molecule has 0 amide bonds. The lowest BCUT2D eigenvalue weighted by Gasteiger charge is -2.16. The minimum absolute atomic E-state index is 0.301. The first kappa shape index (κ1) is 17.7. The molecule has 0 aliphatic carbocycles. The maximum absolute atomic E-state index is 12.4. The van der Waals surface area contributed by atoms with E-state index in [1.54, 1.807) is 19.1 Å². The largest absolute Gasteiger partial charge is 0.289 e. The molecule has 9 heteroatoms. The molecule has 2 aromatic carbocycles. The van der Waals surface area contributed by atoms with Gasteiger partial charge in [-0.1, -0.05) is 41.4 Å². The Morgan fingerprint density at radius 1 is 1.17 bits per heavy atom. The van der Waals surface area contributed by atoms with Crippen molar-refractivity contribution in [1.82, 2.24) is 4.72 Å². The van der Waals surface area contributed by atoms with Gasteiger partial charge in [0.05, 0.1) is 4.92 Å². The van der Waals surface area contributed by atoms with Gasteiger partial charge >= 0.3 is 0 Å². The summed E-state index contributed by atoms with van der Waals surface area (Å²) >= 11 is 11.9. The SMILES string of the molecule is C[C@@H](NS(=O)(=O)c1ccccc1[N+](=O)[O-])c1ccc(Cl)cc1Cl. The van der Waals surface area contributed by atoms with E-state index in [0.29, 0.717) is 15.6 Å². The summed E-state index contributed by atoms with van der Waals surface area (Å²) in [6, 6.07) is 9.11. The molecule has 0 saturated heterocycles. The highest BCUT2D eigenvalue weighted by molar-refractivity contribution is 7.89. The summed E-state index contributed by atoms with van der Waals surface area (Å²) in [5.74, 6) is 0. The van der Waals surface area contributed by atoms with Crippen LogP contribution in [-0.2, 0) is 10.0 Å². The molecule has 23 heavy (non-hydrogen) atoms. The zero-order valence-electron chi connectivity index (χ0n) is 11.9. The van der Waals surface area contributed by atoms with Gasteiger partial charge < -0.3 is 0 Å². The Bertz CT molecular complexity index is 856. The van der Waals surface area contributed by atoms with Crippen molar-refractivity contribution in [3.05, 3.63) is 68.2 Å². The van der Waals surface area contributed by atoms with E-state index in [0.717, 1.165) is 6.07 Å². The van der Waals surface area contributed by atoms with Crippen LogP contribution >= 0.6 is 23.2 Å². The van der Waals surface area contributed by atoms with Crippen molar-refractivity contribution in [1.29, 1.82) is 0 Å². The number of hydrogen-bond acceptors (Lipinski definition) is 4. The maximum atomic E-state index is 12.4. The Labute approximate surface area is 143 Å². The van der Waals surface area contributed by atoms with E-state index >= 15 is 0 Å². The van der Waals surface area contributed by atoms with Crippen LogP contribution < -0.4 is 4.72 Å². The summed E-state index contributed by atoms with van der Waals surface area (Å²) in [4.78, 5) is 9.85. The van der Waals surface area contributed by atoms with E-state index in [-0.39, 0.29) is 0 Å². The van der Waals surface area contributed by atoms with Crippen molar-refractivity contribution in [2.24, 2.45) is 0 Å². The lowest BCUT2D eigenvalue weighted by molar-refractivity contribution is -0.387. The first-order chi connectivity index (χ1) is 10.7. The summed E-state index contributed by atoms with van der Waals surface area (Å²) < 4.78 is 27.3. The van der Waals surface area contributed by atoms with Crippen LogP contribution in [0.5, 0.6) is 0 Å². The molecule has 0 bridgehead atoms. The van der Waals surface area contributed by atoms with Gasteiger partial charge in [0.1, 0.15) is 0 Å². The Morgan fingerprint density at radius 3 is 2.43 bits per heavy atom. The van der Waals surface area contributed by atoms with Crippen molar-refractivity contribution in [2.45, 2.75) is 17.9 Å². The molecule has 0 aromatic heterocycles. The van der Waals surface area contributed by atoms with Gasteiger partial charge in [-0.2, -0.15) is 0 Å². The number of benzene rings is 2. The molecule has 1 N–H and O–H groups in total. The third-order valence-corrected chi connectivity index (χ3v) is 5.26. The molecule has 0 fully saturated rings. The maximum Gasteiger partial charge on any atom is 0.289 e. The summed E-state index contributed by atoms with van der Waals surface area (Å²) in [6.07, 6.45) is 0. The van der Waals surface area contributed by atoms with Gasteiger partial charge in [-0.25, -0.2) is 13.1 Å². The Morgan fingerprint density at radius 2 is 1.83 bits per heavy atom. The zero-order valence-corrected chi connectivity index (χ0v) is 14.2. The minimum Gasteiger partial charge on any atom is -0.258 e. The van der Waals surface area contributed by atoms with E-state index < -0.39 is 31.6 Å². The summed E-state index contributed by atoms with van der Waals surface area (Å²) in [5.41, 5.74) is 0.0210. The lowest BCUT2D eigenvalue weighted by atomic mass is 10.1. The predicted octanol–water partition coefficient (Wildman–Crippen LogP) is 3.94. The van der Waals surface area contributed by atoms with Gasteiger partial charge in [0.2, 0.25) is 10.0 Å². The Kier molecular flexibility index (Phi) is 5.26. The average Bonchev–Trinajstić information content (AvgIpc) is 2.46. The molecular weight excluding hydrogens is 363 g/mol. The molecule has 1 atom stereocenters. The zero-order chi connectivity index (χ0) is 17.2. The molecular formula is C14H12Cl2N2O4S. The van der Waals surface area contributed by atoms with Crippen LogP contribution in [-0.4, -0.2) is 13.3 Å². The number of hydrogen-bond donors (Lipinski definition) is 1. The van der Waals surface area contributed by atoms with Crippen molar-refractivity contribution < 1.29 is 13.3 Å². The highest BCUT2D eigenvalue weighted by atomic mass is 35.5. The van der Waals surface area contributed by atoms with Crippen LogP contribution in [0.15, 0.2) is 47.4 Å². The van der Waals surface area contributed by atoms with Crippen molar-refractivity contribution >= 4 is 38.9 Å². The molecule has 0 spiro atoms. The quantitative estimate of drug-likeness (QED) is 0.633. The Hall–Kier alpha value is -1.67. The third-order valence-electron chi connectivity index (χ3n) is 3.11. The van der Waals surface area contributed by atoms with E-state index in [4.69, 9.17) is 23.2 Å². The normalized spacial score (nSPS) is 12.8. The van der Waals surface area contributed by atoms with E-state index in [9.17, 15) is 18.5 Å². The van der Waals surface area contributed by atoms with Crippen LogP contribution in [0.4, 0.5) is 5.69 Å². The molecule has 6 nitrogen and oxygen atoms in total. The number of nitrogens with one attached hydrogen (secondary N) is 1. The molecule has 0 aliphatic rings. The smallest absolute Gasteiger partial charge is 0.258 e. The van der Waals surface area contributed by atoms with Crippen LogP contribution in [0, 0.1) is 10.1 Å². The third kappa shape index (κ3) is 4.00. The Balaban J connectivity index is 2.37. The highest BCUT2D eigenvalue weighted by Crippen LogP contribution is 2.29. The second-order valence-corrected chi connectivity index (χ2v) is 7.26. The average molecular weight is 375 g/mol. The first-order valence-electron chi connectivity index (χ1n) is 6.43.